The van der Waals surface area contributed by atoms with Crippen LogP contribution in [0.5, 0.6) is 5.75 Å². The van der Waals surface area contributed by atoms with Gasteiger partial charge in [0.2, 0.25) is 0 Å². The van der Waals surface area contributed by atoms with E-state index in [1.54, 1.807) is 12.3 Å². The van der Waals surface area contributed by atoms with Crippen LogP contribution in [0.15, 0.2) is 65.2 Å². The lowest BCUT2D eigenvalue weighted by Crippen LogP contribution is -2.24. The molecule has 1 amide bonds. The molecule has 0 spiro atoms. The van der Waals surface area contributed by atoms with E-state index >= 15 is 0 Å². The molecule has 0 aliphatic carbocycles. The number of aromatic hydroxyl groups is 1. The molecule has 186 valence electrons. The quantitative estimate of drug-likeness (QED) is 0.259. The summed E-state index contributed by atoms with van der Waals surface area (Å²) in [6, 6.07) is 13.6. The number of carbonyl (C=O) groups excluding carboxylic acids is 1. The summed E-state index contributed by atoms with van der Waals surface area (Å²) in [5.74, 6) is 0.0847. The van der Waals surface area contributed by atoms with Crippen molar-refractivity contribution in [3.05, 3.63) is 82.7 Å². The average molecular weight is 492 g/mol. The number of aromatic nitrogens is 2. The number of thioether (sulfide) groups is 1. The summed E-state index contributed by atoms with van der Waals surface area (Å²) in [5, 5.41) is 17.5. The molecule has 6 heteroatoms. The van der Waals surface area contributed by atoms with Crippen molar-refractivity contribution >= 4 is 29.3 Å². The lowest BCUT2D eigenvalue weighted by molar-refractivity contribution is -0.115. The van der Waals surface area contributed by atoms with Crippen LogP contribution in [-0.2, 0) is 11.3 Å². The highest BCUT2D eigenvalue weighted by atomic mass is 32.2. The van der Waals surface area contributed by atoms with Gasteiger partial charge in [-0.2, -0.15) is 5.10 Å². The van der Waals surface area contributed by atoms with Crippen LogP contribution in [-0.4, -0.2) is 27.0 Å². The molecular weight excluding hydrogens is 454 g/mol. The van der Waals surface area contributed by atoms with Crippen molar-refractivity contribution < 1.29 is 9.90 Å². The molecule has 0 radical (unpaired) electrons. The van der Waals surface area contributed by atoms with E-state index in [4.69, 9.17) is 0 Å². The standard InChI is InChI=1S/C27H31N3O2S.C2H6/c1-6-18(3)14-24-23(17-29-30(24)21-11-8-19(4)9-12-21)22(7-2)27(32)28-16-20-10-13-25(31)26(15-20)33-5;1-2/h7-15,17,31H,6,16H2,1-5H3,(H,28,32);1-2H3/b18-14+,22-7+;. The lowest BCUT2D eigenvalue weighted by Gasteiger charge is -2.12. The minimum absolute atomic E-state index is 0.163. The Balaban J connectivity index is 0.00000210. The van der Waals surface area contributed by atoms with Gasteiger partial charge in [0.1, 0.15) is 5.75 Å². The van der Waals surface area contributed by atoms with Gasteiger partial charge in [0, 0.05) is 22.6 Å². The van der Waals surface area contributed by atoms with Crippen LogP contribution in [0.1, 0.15) is 63.4 Å². The molecular formula is C29H37N3O2S. The third-order valence-electron chi connectivity index (χ3n) is 5.55. The second-order valence-corrected chi connectivity index (χ2v) is 8.77. The zero-order valence-corrected chi connectivity index (χ0v) is 22.7. The van der Waals surface area contributed by atoms with Gasteiger partial charge in [-0.1, -0.05) is 56.2 Å². The molecule has 1 heterocycles. The molecule has 0 fully saturated rings. The maximum absolute atomic E-state index is 13.2. The summed E-state index contributed by atoms with van der Waals surface area (Å²) in [5.41, 5.74) is 6.52. The number of nitrogens with zero attached hydrogens (tertiary/aromatic N) is 2. The summed E-state index contributed by atoms with van der Waals surface area (Å²) in [6.07, 6.45) is 8.51. The highest BCUT2D eigenvalue weighted by Gasteiger charge is 2.19. The van der Waals surface area contributed by atoms with Gasteiger partial charge in [-0.05, 0) is 69.4 Å². The van der Waals surface area contributed by atoms with Gasteiger partial charge in [0.25, 0.3) is 5.91 Å². The number of rotatable bonds is 8. The number of amides is 1. The number of carbonyl (C=O) groups is 1. The number of phenols is 1. The Kier molecular flexibility index (Phi) is 10.9. The first-order valence-corrected chi connectivity index (χ1v) is 13.2. The Bertz CT molecular complexity index is 1190. The first-order valence-electron chi connectivity index (χ1n) is 12.0. The van der Waals surface area contributed by atoms with Gasteiger partial charge in [0.15, 0.2) is 0 Å². The summed E-state index contributed by atoms with van der Waals surface area (Å²) in [4.78, 5) is 14.0. The van der Waals surface area contributed by atoms with E-state index in [2.05, 4.69) is 49.4 Å². The van der Waals surface area contributed by atoms with Crippen LogP contribution in [0.2, 0.25) is 0 Å². The monoisotopic (exact) mass is 491 g/mol. The Morgan fingerprint density at radius 1 is 1.17 bits per heavy atom. The van der Waals surface area contributed by atoms with Gasteiger partial charge < -0.3 is 10.4 Å². The molecule has 0 saturated heterocycles. The van der Waals surface area contributed by atoms with Gasteiger partial charge >= 0.3 is 0 Å². The number of allylic oxidation sites excluding steroid dienone is 2. The van der Waals surface area contributed by atoms with E-state index in [0.717, 1.165) is 33.8 Å². The van der Waals surface area contributed by atoms with Crippen molar-refractivity contribution in [3.8, 4) is 11.4 Å². The zero-order valence-electron chi connectivity index (χ0n) is 21.8. The fraction of sp³-hybridized carbons (Fsp3) is 0.310. The predicted octanol–water partition coefficient (Wildman–Crippen LogP) is 7.17. The lowest BCUT2D eigenvalue weighted by atomic mass is 10.0. The van der Waals surface area contributed by atoms with Crippen LogP contribution in [0.25, 0.3) is 17.3 Å². The normalized spacial score (nSPS) is 11.6. The maximum atomic E-state index is 13.2. The number of nitrogens with one attached hydrogen (secondary N) is 1. The Hall–Kier alpha value is -3.25. The van der Waals surface area contributed by atoms with Crippen molar-refractivity contribution in [3.63, 3.8) is 0 Å². The van der Waals surface area contributed by atoms with Crippen LogP contribution in [0.4, 0.5) is 0 Å². The van der Waals surface area contributed by atoms with Crippen LogP contribution in [0.3, 0.4) is 0 Å². The van der Waals surface area contributed by atoms with E-state index in [-0.39, 0.29) is 11.7 Å². The minimum Gasteiger partial charge on any atom is -0.507 e. The number of phenolic OH excluding ortho intramolecular Hbond substituents is 1. The third kappa shape index (κ3) is 7.12. The highest BCUT2D eigenvalue weighted by Crippen LogP contribution is 2.28. The van der Waals surface area contributed by atoms with Gasteiger partial charge in [-0.25, -0.2) is 4.68 Å². The van der Waals surface area contributed by atoms with Crippen molar-refractivity contribution in [2.24, 2.45) is 0 Å². The van der Waals surface area contributed by atoms with E-state index in [1.807, 2.05) is 62.1 Å². The largest absolute Gasteiger partial charge is 0.507 e. The number of hydrogen-bond acceptors (Lipinski definition) is 4. The van der Waals surface area contributed by atoms with Gasteiger partial charge in [-0.3, -0.25) is 4.79 Å². The van der Waals surface area contributed by atoms with Crippen LogP contribution >= 0.6 is 11.8 Å². The molecule has 5 nitrogen and oxygen atoms in total. The molecule has 2 aromatic carbocycles. The second-order valence-electron chi connectivity index (χ2n) is 7.93. The van der Waals surface area contributed by atoms with Crippen molar-refractivity contribution in [2.45, 2.75) is 59.4 Å². The summed E-state index contributed by atoms with van der Waals surface area (Å²) >= 11 is 1.47. The van der Waals surface area contributed by atoms with Crippen LogP contribution in [0, 0.1) is 6.92 Å². The zero-order chi connectivity index (χ0) is 26.0. The van der Waals surface area contributed by atoms with Crippen molar-refractivity contribution in [2.75, 3.05) is 6.26 Å². The average Bonchev–Trinajstić information content (AvgIpc) is 3.28. The van der Waals surface area contributed by atoms with Gasteiger partial charge in [0.05, 0.1) is 17.6 Å². The Morgan fingerprint density at radius 3 is 2.46 bits per heavy atom. The molecule has 0 aliphatic rings. The molecule has 0 atom stereocenters. The SMILES string of the molecule is C/C=C(/C(=O)NCc1ccc(O)c(SC)c1)c1cnn(-c2ccc(C)cc2)c1/C=C(\C)CC.CC. The van der Waals surface area contributed by atoms with Crippen molar-refractivity contribution in [1.82, 2.24) is 15.1 Å². The molecule has 35 heavy (non-hydrogen) atoms. The molecule has 0 unspecified atom stereocenters. The minimum atomic E-state index is -0.163. The fourth-order valence-corrected chi connectivity index (χ4v) is 4.00. The molecule has 1 aromatic heterocycles. The molecule has 0 bridgehead atoms. The molecule has 0 saturated carbocycles. The van der Waals surface area contributed by atoms with Crippen molar-refractivity contribution in [1.29, 1.82) is 0 Å². The smallest absolute Gasteiger partial charge is 0.251 e. The Morgan fingerprint density at radius 2 is 1.86 bits per heavy atom. The van der Waals surface area contributed by atoms with Crippen LogP contribution < -0.4 is 5.32 Å². The maximum Gasteiger partial charge on any atom is 0.251 e. The first-order chi connectivity index (χ1) is 16.9. The van der Waals surface area contributed by atoms with E-state index in [1.165, 1.54) is 22.9 Å². The Labute approximate surface area is 214 Å². The van der Waals surface area contributed by atoms with E-state index in [9.17, 15) is 9.90 Å². The van der Waals surface area contributed by atoms with E-state index < -0.39 is 0 Å². The number of hydrogen-bond donors (Lipinski definition) is 2. The van der Waals surface area contributed by atoms with E-state index in [0.29, 0.717) is 12.1 Å². The third-order valence-corrected chi connectivity index (χ3v) is 6.31. The topological polar surface area (TPSA) is 67.2 Å². The summed E-state index contributed by atoms with van der Waals surface area (Å²) in [7, 11) is 0. The predicted molar refractivity (Wildman–Crippen MR) is 149 cm³/mol. The fourth-order valence-electron chi connectivity index (χ4n) is 3.45. The molecule has 2 N–H and O–H groups in total. The molecule has 3 aromatic rings. The number of benzene rings is 2. The summed E-state index contributed by atoms with van der Waals surface area (Å²) < 4.78 is 1.88. The van der Waals surface area contributed by atoms with Gasteiger partial charge in [-0.15, -0.1) is 11.8 Å². The summed E-state index contributed by atoms with van der Waals surface area (Å²) in [6.45, 7) is 12.5. The number of aryl methyl sites for hydroxylation is 1. The second kappa shape index (κ2) is 13.6. The highest BCUT2D eigenvalue weighted by molar-refractivity contribution is 7.98. The molecule has 3 rings (SSSR count). The molecule has 0 aliphatic heterocycles. The first kappa shape index (κ1) is 28.0.